The topological polar surface area (TPSA) is 228 Å². The molecule has 0 bridgehead atoms. The third-order valence-electron chi connectivity index (χ3n) is 14.9. The molecule has 8 rings (SSSR count). The molecule has 5 aromatic rings. The van der Waals surface area contributed by atoms with Crippen LogP contribution in [0.1, 0.15) is 126 Å². The zero-order valence-corrected chi connectivity index (χ0v) is 47.2. The average molecular weight is 1090 g/mol. The summed E-state index contributed by atoms with van der Waals surface area (Å²) in [5, 5.41) is 20.6. The Bertz CT molecular complexity index is 2750. The van der Waals surface area contributed by atoms with Crippen LogP contribution in [0.5, 0.6) is 0 Å². The van der Waals surface area contributed by atoms with Gasteiger partial charge in [0.25, 0.3) is 5.91 Å². The number of piperazine rings is 1. The van der Waals surface area contributed by atoms with Crippen molar-refractivity contribution in [2.75, 3.05) is 67.5 Å². The first-order chi connectivity index (χ1) is 36.9. The molecule has 6 heterocycles. The zero-order valence-electron chi connectivity index (χ0n) is 45.5. The molecule has 0 aliphatic carbocycles. The molecule has 3 aliphatic rings. The Labute approximate surface area is 461 Å². The summed E-state index contributed by atoms with van der Waals surface area (Å²) < 4.78 is 0. The van der Waals surface area contributed by atoms with Crippen molar-refractivity contribution < 1.29 is 24.3 Å². The standard InChI is InChI=1S/C57H77N13O5S2/c1-38(40-17-19-41(20-18-40)50-39(2)63-37-76-50)64-53(74)46-31-44(71)36-70(46)54(75)51(56(3,4)5)66-52(73)42-32-61-55(62-33-42)69-28-26-67(27-29-69)23-12-10-8-7-9-11-16-48(72)65-43-14-13-15-45(30-43)77-49-35-59-47(34-60-49)68-24-21-57(6,58)22-25-68/h13-15,17-20,30,32-35,37-38,44,46,51,71H,7-12,16,21-29,31,36,58H2,1-6H3,(H,64,74)(H,65,72)(H,66,73)/t38-,44?,46-,51+/m0/s1. The molecule has 3 saturated heterocycles. The van der Waals surface area contributed by atoms with Gasteiger partial charge in [-0.2, -0.15) is 0 Å². The van der Waals surface area contributed by atoms with Crippen molar-refractivity contribution in [2.24, 2.45) is 11.1 Å². The van der Waals surface area contributed by atoms with Gasteiger partial charge in [0.2, 0.25) is 23.7 Å². The van der Waals surface area contributed by atoms with Gasteiger partial charge in [-0.15, -0.1) is 11.3 Å². The Morgan fingerprint density at radius 3 is 2.21 bits per heavy atom. The van der Waals surface area contributed by atoms with Gasteiger partial charge < -0.3 is 41.5 Å². The van der Waals surface area contributed by atoms with Crippen molar-refractivity contribution in [1.82, 2.24) is 45.4 Å². The van der Waals surface area contributed by atoms with Crippen LogP contribution in [-0.4, -0.2) is 140 Å². The number of carbonyl (C=O) groups excluding carboxylic acids is 4. The van der Waals surface area contributed by atoms with Crippen molar-refractivity contribution in [3.63, 3.8) is 0 Å². The molecule has 3 aromatic heterocycles. The maximum absolute atomic E-state index is 14.3. The van der Waals surface area contributed by atoms with Crippen LogP contribution in [-0.2, 0) is 14.4 Å². The number of unbranched alkanes of at least 4 members (excludes halogenated alkanes) is 5. The third-order valence-corrected chi connectivity index (χ3v) is 16.8. The summed E-state index contributed by atoms with van der Waals surface area (Å²) >= 11 is 3.10. The van der Waals surface area contributed by atoms with E-state index in [0.29, 0.717) is 12.4 Å². The highest BCUT2D eigenvalue weighted by atomic mass is 32.2. The highest BCUT2D eigenvalue weighted by Crippen LogP contribution is 2.32. The van der Waals surface area contributed by atoms with Crippen molar-refractivity contribution in [1.29, 1.82) is 0 Å². The maximum Gasteiger partial charge on any atom is 0.255 e. The number of nitrogens with one attached hydrogen (secondary N) is 3. The minimum Gasteiger partial charge on any atom is -0.391 e. The number of anilines is 3. The molecule has 77 heavy (non-hydrogen) atoms. The van der Waals surface area contributed by atoms with Crippen molar-refractivity contribution in [2.45, 2.75) is 145 Å². The number of β-amino-alcohol motifs (C(OH)–C–C–N with tert-alkyl or cyclic N) is 1. The monoisotopic (exact) mass is 1090 g/mol. The van der Waals surface area contributed by atoms with Gasteiger partial charge >= 0.3 is 0 Å². The summed E-state index contributed by atoms with van der Waals surface area (Å²) in [5.74, 6) is 0.148. The van der Waals surface area contributed by atoms with Crippen molar-refractivity contribution in [3.8, 4) is 10.4 Å². The molecule has 0 spiro atoms. The second-order valence-electron chi connectivity index (χ2n) is 22.3. The predicted octanol–water partition coefficient (Wildman–Crippen LogP) is 7.64. The predicted molar refractivity (Wildman–Crippen MR) is 304 cm³/mol. The fourth-order valence-electron chi connectivity index (χ4n) is 10.1. The van der Waals surface area contributed by atoms with Crippen molar-refractivity contribution in [3.05, 3.63) is 95.6 Å². The van der Waals surface area contributed by atoms with Crippen LogP contribution in [0.4, 0.5) is 17.5 Å². The summed E-state index contributed by atoms with van der Waals surface area (Å²) in [6.07, 6.45) is 14.6. The van der Waals surface area contributed by atoms with Crippen molar-refractivity contribution >= 4 is 64.2 Å². The lowest BCUT2D eigenvalue weighted by Gasteiger charge is -2.37. The molecule has 6 N–H and O–H groups in total. The molecule has 20 heteroatoms. The lowest BCUT2D eigenvalue weighted by molar-refractivity contribution is -0.142. The number of amides is 4. The molecule has 2 aromatic carbocycles. The number of likely N-dealkylation sites (tertiary alicyclic amines) is 1. The Hall–Kier alpha value is -6.06. The molecule has 0 saturated carbocycles. The second-order valence-corrected chi connectivity index (χ2v) is 24.2. The molecule has 18 nitrogen and oxygen atoms in total. The molecular formula is C57H77N13O5S2. The number of aliphatic hydroxyl groups excluding tert-OH is 1. The van der Waals surface area contributed by atoms with E-state index in [1.165, 1.54) is 29.1 Å². The number of nitrogens with two attached hydrogens (primary N) is 1. The van der Waals surface area contributed by atoms with E-state index in [1.807, 2.05) is 101 Å². The number of aryl methyl sites for hydroxylation is 1. The molecular weight excluding hydrogens is 1010 g/mol. The summed E-state index contributed by atoms with van der Waals surface area (Å²) in [6, 6.07) is 13.6. The van der Waals surface area contributed by atoms with Gasteiger partial charge in [0.15, 0.2) is 0 Å². The molecule has 4 amide bonds. The quantitative estimate of drug-likeness (QED) is 0.0445. The van der Waals surface area contributed by atoms with Crippen LogP contribution in [0.15, 0.2) is 88.8 Å². The normalized spacial score (nSPS) is 18.7. The van der Waals surface area contributed by atoms with Gasteiger partial charge in [-0.05, 0) is 87.7 Å². The van der Waals surface area contributed by atoms with Crippen LogP contribution in [0.3, 0.4) is 0 Å². The van der Waals surface area contributed by atoms with Gasteiger partial charge in [-0.25, -0.2) is 24.9 Å². The first-order valence-corrected chi connectivity index (χ1v) is 28.9. The van der Waals surface area contributed by atoms with Crippen LogP contribution < -0.4 is 31.5 Å². The van der Waals surface area contributed by atoms with E-state index in [4.69, 9.17) is 5.73 Å². The van der Waals surface area contributed by atoms with E-state index in [0.717, 1.165) is 140 Å². The first kappa shape index (κ1) is 57.1. The highest BCUT2D eigenvalue weighted by Gasteiger charge is 2.45. The fourth-order valence-corrected chi connectivity index (χ4v) is 11.7. The molecule has 3 aliphatic heterocycles. The number of piperidine rings is 1. The number of aromatic nitrogens is 5. The minimum atomic E-state index is -0.996. The lowest BCUT2D eigenvalue weighted by atomic mass is 9.85. The molecule has 0 radical (unpaired) electrons. The van der Waals surface area contributed by atoms with E-state index in [2.05, 4.69) is 62.5 Å². The largest absolute Gasteiger partial charge is 0.391 e. The van der Waals surface area contributed by atoms with Gasteiger partial charge in [0, 0.05) is 87.2 Å². The van der Waals surface area contributed by atoms with E-state index < -0.39 is 35.4 Å². The molecule has 412 valence electrons. The fraction of sp³-hybridized carbons (Fsp3) is 0.526. The van der Waals surface area contributed by atoms with Gasteiger partial charge in [-0.3, -0.25) is 24.1 Å². The maximum atomic E-state index is 14.3. The highest BCUT2D eigenvalue weighted by molar-refractivity contribution is 7.99. The summed E-state index contributed by atoms with van der Waals surface area (Å²) in [6.45, 7) is 17.6. The first-order valence-electron chi connectivity index (χ1n) is 27.2. The SMILES string of the molecule is Cc1ncsc1-c1ccc([C@H](C)NC(=O)[C@@H]2CC(O)CN2C(=O)[C@@H](NC(=O)c2cnc(N3CCN(CCCCCCCCC(=O)Nc4cccc(Sc5cnc(N6CCC(C)(N)CC6)cn5)c4)CC3)nc2)C(C)(C)C)cc1. The third kappa shape index (κ3) is 15.8. The Morgan fingerprint density at radius 1 is 0.844 bits per heavy atom. The zero-order chi connectivity index (χ0) is 54.7. The smallest absolute Gasteiger partial charge is 0.255 e. The number of hydrogen-bond acceptors (Lipinski definition) is 16. The summed E-state index contributed by atoms with van der Waals surface area (Å²) in [7, 11) is 0. The van der Waals surface area contributed by atoms with Crippen LogP contribution in [0.2, 0.25) is 0 Å². The molecule has 4 atom stereocenters. The van der Waals surface area contributed by atoms with E-state index in [1.54, 1.807) is 11.3 Å². The number of benzene rings is 2. The van der Waals surface area contributed by atoms with E-state index in [9.17, 15) is 24.3 Å². The van der Waals surface area contributed by atoms with Crippen LogP contribution in [0.25, 0.3) is 10.4 Å². The Kier molecular flexibility index (Phi) is 19.3. The Balaban J connectivity index is 0.701. The number of aliphatic hydroxyl groups is 1. The van der Waals surface area contributed by atoms with Crippen LogP contribution >= 0.6 is 23.1 Å². The van der Waals surface area contributed by atoms with E-state index in [-0.39, 0.29) is 41.9 Å². The summed E-state index contributed by atoms with van der Waals surface area (Å²) in [4.78, 5) is 87.6. The van der Waals surface area contributed by atoms with Crippen LogP contribution in [0, 0.1) is 12.3 Å². The number of hydrogen-bond donors (Lipinski definition) is 5. The number of carbonyl (C=O) groups is 4. The summed E-state index contributed by atoms with van der Waals surface area (Å²) in [5.41, 5.74) is 11.2. The number of nitrogens with zero attached hydrogens (tertiary/aromatic N) is 9. The number of rotatable bonds is 21. The van der Waals surface area contributed by atoms with Gasteiger partial charge in [0.05, 0.1) is 46.2 Å². The number of thiazole rings is 1. The average Bonchev–Trinajstić information content (AvgIpc) is 4.04. The van der Waals surface area contributed by atoms with Gasteiger partial charge in [-0.1, -0.05) is 88.5 Å². The lowest BCUT2D eigenvalue weighted by Crippen LogP contribution is -2.57. The van der Waals surface area contributed by atoms with E-state index >= 15 is 0 Å². The Morgan fingerprint density at radius 2 is 1.55 bits per heavy atom. The van der Waals surface area contributed by atoms with Gasteiger partial charge in [0.1, 0.15) is 22.9 Å². The minimum absolute atomic E-state index is 0.0207. The molecule has 1 unspecified atom stereocenters. The second kappa shape index (κ2) is 26.1. The molecule has 3 fully saturated rings.